The van der Waals surface area contributed by atoms with Gasteiger partial charge in [0.15, 0.2) is 0 Å². The Kier molecular flexibility index (Phi) is 7.65. The number of rotatable bonds is 7. The van der Waals surface area contributed by atoms with Crippen LogP contribution in [0.5, 0.6) is 0 Å². The van der Waals surface area contributed by atoms with E-state index in [1.807, 2.05) is 13.8 Å². The number of nitrogens with zero attached hydrogens (tertiary/aromatic N) is 2. The first kappa shape index (κ1) is 18.7. The second-order valence-corrected chi connectivity index (χ2v) is 5.97. The molecule has 1 N–H and O–H groups in total. The first-order valence-electron chi connectivity index (χ1n) is 8.37. The van der Waals surface area contributed by atoms with E-state index in [0.29, 0.717) is 45.6 Å². The molecule has 0 spiro atoms. The van der Waals surface area contributed by atoms with Crippen molar-refractivity contribution in [2.45, 2.75) is 58.5 Å². The summed E-state index contributed by atoms with van der Waals surface area (Å²) in [4.78, 5) is 27.4. The number of hydrogen-bond donors (Lipinski definition) is 1. The highest BCUT2D eigenvalue weighted by molar-refractivity contribution is 5.77. The Hall–Kier alpha value is -1.30. The van der Waals surface area contributed by atoms with E-state index in [9.17, 15) is 14.7 Å². The van der Waals surface area contributed by atoms with Crippen LogP contribution in [0.15, 0.2) is 0 Å². The van der Waals surface area contributed by atoms with Crippen molar-refractivity contribution >= 4 is 12.0 Å². The summed E-state index contributed by atoms with van der Waals surface area (Å²) in [5, 5.41) is 10.6. The Balaban J connectivity index is 2.49. The molecule has 0 bridgehead atoms. The van der Waals surface area contributed by atoms with Gasteiger partial charge in [-0.25, -0.2) is 4.79 Å². The molecular weight excluding hydrogens is 284 g/mol. The molecule has 0 aliphatic carbocycles. The number of ether oxygens (including phenoxy) is 1. The van der Waals surface area contributed by atoms with Crippen molar-refractivity contribution < 1.29 is 19.4 Å². The number of hydrogen-bond acceptors (Lipinski definition) is 4. The average molecular weight is 314 g/mol. The van der Waals surface area contributed by atoms with Gasteiger partial charge in [-0.15, -0.1) is 0 Å². The van der Waals surface area contributed by atoms with E-state index >= 15 is 0 Å². The quantitative estimate of drug-likeness (QED) is 0.780. The van der Waals surface area contributed by atoms with E-state index in [2.05, 4.69) is 0 Å². The van der Waals surface area contributed by atoms with Crippen LogP contribution in [0, 0.1) is 0 Å². The number of carbonyl (C=O) groups excluding carboxylic acids is 2. The van der Waals surface area contributed by atoms with Crippen molar-refractivity contribution in [1.29, 1.82) is 0 Å². The average Bonchev–Trinajstić information content (AvgIpc) is 2.48. The zero-order valence-electron chi connectivity index (χ0n) is 14.1. The third kappa shape index (κ3) is 5.48. The topological polar surface area (TPSA) is 70.1 Å². The molecule has 0 aromatic heterocycles. The van der Waals surface area contributed by atoms with Gasteiger partial charge in [0.25, 0.3) is 0 Å². The predicted octanol–water partition coefficient (Wildman–Crippen LogP) is 2.01. The van der Waals surface area contributed by atoms with Gasteiger partial charge in [-0.1, -0.05) is 26.7 Å². The van der Waals surface area contributed by atoms with E-state index in [1.165, 1.54) is 0 Å². The van der Waals surface area contributed by atoms with Crippen LogP contribution >= 0.6 is 0 Å². The van der Waals surface area contributed by atoms with Crippen molar-refractivity contribution in [1.82, 2.24) is 9.80 Å². The SMILES string of the molecule is CCCC(O)(CCC)CC(=O)N1CCN(C(=O)OCC)CC1. The maximum absolute atomic E-state index is 12.4. The largest absolute Gasteiger partial charge is 0.450 e. The van der Waals surface area contributed by atoms with Gasteiger partial charge in [0.1, 0.15) is 0 Å². The fourth-order valence-electron chi connectivity index (χ4n) is 2.98. The van der Waals surface area contributed by atoms with Gasteiger partial charge < -0.3 is 19.6 Å². The van der Waals surface area contributed by atoms with Gasteiger partial charge in [0, 0.05) is 26.2 Å². The monoisotopic (exact) mass is 314 g/mol. The summed E-state index contributed by atoms with van der Waals surface area (Å²) in [6, 6.07) is 0. The van der Waals surface area contributed by atoms with Gasteiger partial charge in [0.05, 0.1) is 18.6 Å². The molecule has 0 radical (unpaired) electrons. The second kappa shape index (κ2) is 8.98. The van der Waals surface area contributed by atoms with Crippen molar-refractivity contribution in [3.63, 3.8) is 0 Å². The van der Waals surface area contributed by atoms with Gasteiger partial charge >= 0.3 is 6.09 Å². The molecular formula is C16H30N2O4. The van der Waals surface area contributed by atoms with Crippen molar-refractivity contribution in [3.8, 4) is 0 Å². The molecule has 128 valence electrons. The van der Waals surface area contributed by atoms with Crippen molar-refractivity contribution in [3.05, 3.63) is 0 Å². The first-order valence-corrected chi connectivity index (χ1v) is 8.37. The maximum Gasteiger partial charge on any atom is 0.409 e. The number of piperazine rings is 1. The van der Waals surface area contributed by atoms with Crippen LogP contribution < -0.4 is 0 Å². The lowest BCUT2D eigenvalue weighted by atomic mass is 9.88. The molecule has 0 aromatic rings. The molecule has 0 unspecified atom stereocenters. The number of amides is 2. The number of aliphatic hydroxyl groups is 1. The van der Waals surface area contributed by atoms with Crippen LogP contribution in [0.2, 0.25) is 0 Å². The van der Waals surface area contributed by atoms with Crippen molar-refractivity contribution in [2.75, 3.05) is 32.8 Å². The van der Waals surface area contributed by atoms with Crippen LogP contribution in [-0.4, -0.2) is 65.3 Å². The first-order chi connectivity index (χ1) is 10.5. The lowest BCUT2D eigenvalue weighted by Crippen LogP contribution is -2.52. The summed E-state index contributed by atoms with van der Waals surface area (Å²) in [6.45, 7) is 8.17. The summed E-state index contributed by atoms with van der Waals surface area (Å²) < 4.78 is 4.97. The molecule has 0 aromatic carbocycles. The molecule has 1 saturated heterocycles. The van der Waals surface area contributed by atoms with Crippen LogP contribution in [0.4, 0.5) is 4.79 Å². The molecule has 1 fully saturated rings. The zero-order valence-corrected chi connectivity index (χ0v) is 14.1. The van der Waals surface area contributed by atoms with E-state index in [-0.39, 0.29) is 18.4 Å². The minimum Gasteiger partial charge on any atom is -0.450 e. The second-order valence-electron chi connectivity index (χ2n) is 5.97. The summed E-state index contributed by atoms with van der Waals surface area (Å²) in [5.74, 6) is -0.0205. The fourth-order valence-corrected chi connectivity index (χ4v) is 2.98. The Bertz CT molecular complexity index is 359. The highest BCUT2D eigenvalue weighted by atomic mass is 16.6. The Labute approximate surface area is 133 Å². The molecule has 1 aliphatic rings. The summed E-state index contributed by atoms with van der Waals surface area (Å²) in [6.07, 6.45) is 2.88. The summed E-state index contributed by atoms with van der Waals surface area (Å²) in [5.41, 5.74) is -0.890. The lowest BCUT2D eigenvalue weighted by molar-refractivity contribution is -0.138. The van der Waals surface area contributed by atoms with Crippen LogP contribution in [0.1, 0.15) is 52.9 Å². The predicted molar refractivity (Wildman–Crippen MR) is 84.6 cm³/mol. The molecule has 1 heterocycles. The van der Waals surface area contributed by atoms with E-state index < -0.39 is 5.60 Å². The van der Waals surface area contributed by atoms with Gasteiger partial charge in [0.2, 0.25) is 5.91 Å². The smallest absolute Gasteiger partial charge is 0.409 e. The standard InChI is InChI=1S/C16H30N2O4/c1-4-7-16(21,8-5-2)13-14(19)17-9-11-18(12-10-17)15(20)22-6-3/h21H,4-13H2,1-3H3. The lowest BCUT2D eigenvalue weighted by Gasteiger charge is -2.36. The molecule has 1 rings (SSSR count). The molecule has 1 aliphatic heterocycles. The van der Waals surface area contributed by atoms with Gasteiger partial charge in [-0.2, -0.15) is 0 Å². The zero-order chi connectivity index (χ0) is 16.6. The third-order valence-corrected chi connectivity index (χ3v) is 4.07. The molecule has 0 atom stereocenters. The third-order valence-electron chi connectivity index (χ3n) is 4.07. The normalized spacial score (nSPS) is 15.8. The molecule has 6 nitrogen and oxygen atoms in total. The van der Waals surface area contributed by atoms with Crippen LogP contribution in [0.25, 0.3) is 0 Å². The Morgan fingerprint density at radius 2 is 1.50 bits per heavy atom. The number of carbonyl (C=O) groups is 2. The fraction of sp³-hybridized carbons (Fsp3) is 0.875. The van der Waals surface area contributed by atoms with E-state index in [4.69, 9.17) is 4.74 Å². The van der Waals surface area contributed by atoms with Gasteiger partial charge in [-0.05, 0) is 19.8 Å². The van der Waals surface area contributed by atoms with Crippen LogP contribution in [-0.2, 0) is 9.53 Å². The summed E-state index contributed by atoms with van der Waals surface area (Å²) >= 11 is 0. The van der Waals surface area contributed by atoms with Gasteiger partial charge in [-0.3, -0.25) is 4.79 Å². The van der Waals surface area contributed by atoms with E-state index in [1.54, 1.807) is 16.7 Å². The van der Waals surface area contributed by atoms with Crippen LogP contribution in [0.3, 0.4) is 0 Å². The highest BCUT2D eigenvalue weighted by Crippen LogP contribution is 2.24. The minimum absolute atomic E-state index is 0.0205. The minimum atomic E-state index is -0.890. The molecule has 0 saturated carbocycles. The Morgan fingerprint density at radius 1 is 1.00 bits per heavy atom. The van der Waals surface area contributed by atoms with E-state index in [0.717, 1.165) is 12.8 Å². The highest BCUT2D eigenvalue weighted by Gasteiger charge is 2.32. The summed E-state index contributed by atoms with van der Waals surface area (Å²) in [7, 11) is 0. The molecule has 2 amide bonds. The van der Waals surface area contributed by atoms with Crippen molar-refractivity contribution in [2.24, 2.45) is 0 Å². The molecule has 22 heavy (non-hydrogen) atoms. The molecule has 6 heteroatoms. The Morgan fingerprint density at radius 3 is 1.95 bits per heavy atom. The maximum atomic E-state index is 12.4.